The molecule has 166 valence electrons. The summed E-state index contributed by atoms with van der Waals surface area (Å²) in [6.07, 6.45) is -4.50. The fraction of sp³-hybridized carbons (Fsp3) is 0.318. The van der Waals surface area contributed by atoms with Gasteiger partial charge in [-0.15, -0.1) is 10.2 Å². The molecule has 4 rings (SSSR count). The third-order valence-corrected chi connectivity index (χ3v) is 5.01. The average molecular weight is 442 g/mol. The molecule has 1 N–H and O–H groups in total. The van der Waals surface area contributed by atoms with Crippen molar-refractivity contribution >= 4 is 23.0 Å². The summed E-state index contributed by atoms with van der Waals surface area (Å²) in [6, 6.07) is 11.3. The van der Waals surface area contributed by atoms with E-state index >= 15 is 0 Å². The van der Waals surface area contributed by atoms with Gasteiger partial charge in [-0.25, -0.2) is 4.85 Å². The first-order valence-corrected chi connectivity index (χ1v) is 10.0. The lowest BCUT2D eigenvalue weighted by Gasteiger charge is -2.30. The quantitative estimate of drug-likeness (QED) is 0.537. The van der Waals surface area contributed by atoms with Crippen LogP contribution in [0.4, 0.5) is 36.2 Å². The maximum absolute atomic E-state index is 13.3. The number of benzene rings is 2. The molecular weight excluding hydrogens is 421 g/mol. The second kappa shape index (κ2) is 8.42. The summed E-state index contributed by atoms with van der Waals surface area (Å²) in [4.78, 5) is 4.79. The van der Waals surface area contributed by atoms with E-state index < -0.39 is 17.4 Å². The molecule has 3 aromatic rings. The number of anilines is 3. The maximum atomic E-state index is 13.3. The van der Waals surface area contributed by atoms with E-state index in [1.54, 1.807) is 4.90 Å². The number of aromatic nitrogens is 3. The average Bonchev–Trinajstić information content (AvgIpc) is 3.15. The van der Waals surface area contributed by atoms with Crippen LogP contribution in [0.25, 0.3) is 4.85 Å². The minimum atomic E-state index is -4.58. The molecule has 7 nitrogen and oxygen atoms in total. The van der Waals surface area contributed by atoms with Crippen LogP contribution in [0.2, 0.25) is 0 Å². The molecule has 2 heterocycles. The summed E-state index contributed by atoms with van der Waals surface area (Å²) in [5.74, 6) is 1.98. The number of halogens is 3. The predicted octanol–water partition coefficient (Wildman–Crippen LogP) is 5.40. The fourth-order valence-electron chi connectivity index (χ4n) is 3.53. The van der Waals surface area contributed by atoms with E-state index in [0.717, 1.165) is 17.5 Å². The van der Waals surface area contributed by atoms with Gasteiger partial charge in [-0.05, 0) is 50.2 Å². The van der Waals surface area contributed by atoms with Crippen LogP contribution in [0.3, 0.4) is 0 Å². The molecule has 2 aromatic carbocycles. The van der Waals surface area contributed by atoms with Gasteiger partial charge in [0.25, 0.3) is 0 Å². The van der Waals surface area contributed by atoms with E-state index in [1.165, 1.54) is 12.1 Å². The fourth-order valence-corrected chi connectivity index (χ4v) is 3.53. The lowest BCUT2D eigenvalue weighted by Crippen LogP contribution is -2.34. The van der Waals surface area contributed by atoms with Crippen LogP contribution in [0.1, 0.15) is 25.2 Å². The summed E-state index contributed by atoms with van der Waals surface area (Å²) >= 11 is 0. The second-order valence-electron chi connectivity index (χ2n) is 7.64. The number of ether oxygens (including phenoxy) is 1. The number of hydrogen-bond acceptors (Lipinski definition) is 5. The SMILES string of the molecule is [C-]#[N+]c1ccc(N2CCn3c(nnc3Nc3ccc(OC(C)C)cc3)C2)cc1C(F)(F)F. The number of fused-ring (bicyclic) bond motifs is 1. The number of nitrogens with one attached hydrogen (secondary N) is 1. The van der Waals surface area contributed by atoms with Crippen molar-refractivity contribution in [3.63, 3.8) is 0 Å². The smallest absolute Gasteiger partial charge is 0.407 e. The zero-order valence-electron chi connectivity index (χ0n) is 17.5. The summed E-state index contributed by atoms with van der Waals surface area (Å²) < 4.78 is 47.5. The van der Waals surface area contributed by atoms with Crippen LogP contribution < -0.4 is 15.0 Å². The van der Waals surface area contributed by atoms with Crippen LogP contribution in [0, 0.1) is 6.57 Å². The number of nitrogens with zero attached hydrogens (tertiary/aromatic N) is 5. The standard InChI is InChI=1S/C22H21F3N6O/c1-14(2)32-17-7-4-15(5-8-17)27-21-29-28-20-13-30(10-11-31(20)21)16-6-9-19(26-3)18(12-16)22(23,24)25/h4-9,12,14H,10-11,13H2,1-2H3,(H,27,29). The van der Waals surface area contributed by atoms with Crippen LogP contribution >= 0.6 is 0 Å². The highest BCUT2D eigenvalue weighted by atomic mass is 19.4. The van der Waals surface area contributed by atoms with Gasteiger partial charge in [-0.1, -0.05) is 6.07 Å². The zero-order chi connectivity index (χ0) is 22.9. The monoisotopic (exact) mass is 442 g/mol. The van der Waals surface area contributed by atoms with Gasteiger partial charge in [0.15, 0.2) is 11.5 Å². The second-order valence-corrected chi connectivity index (χ2v) is 7.64. The number of alkyl halides is 3. The minimum absolute atomic E-state index is 0.0880. The Kier molecular flexibility index (Phi) is 5.65. The van der Waals surface area contributed by atoms with Crippen LogP contribution in [-0.2, 0) is 19.3 Å². The van der Waals surface area contributed by atoms with Gasteiger partial charge in [0.2, 0.25) is 5.95 Å². The molecule has 10 heteroatoms. The van der Waals surface area contributed by atoms with Gasteiger partial charge in [0.1, 0.15) is 5.75 Å². The van der Waals surface area contributed by atoms with Crippen LogP contribution in [-0.4, -0.2) is 27.4 Å². The Morgan fingerprint density at radius 2 is 1.84 bits per heavy atom. The molecule has 0 amide bonds. The molecule has 1 aliphatic rings. The summed E-state index contributed by atoms with van der Waals surface area (Å²) in [7, 11) is 0. The molecule has 0 saturated heterocycles. The van der Waals surface area contributed by atoms with Crippen molar-refractivity contribution in [2.24, 2.45) is 0 Å². The van der Waals surface area contributed by atoms with Crippen molar-refractivity contribution < 1.29 is 17.9 Å². The Morgan fingerprint density at radius 3 is 2.50 bits per heavy atom. The number of hydrogen-bond donors (Lipinski definition) is 1. The van der Waals surface area contributed by atoms with Gasteiger partial charge in [0, 0.05) is 24.5 Å². The largest absolute Gasteiger partial charge is 0.491 e. The molecule has 0 fully saturated rings. The van der Waals surface area contributed by atoms with Crippen LogP contribution in [0.15, 0.2) is 42.5 Å². The third-order valence-electron chi connectivity index (χ3n) is 5.01. The molecule has 0 spiro atoms. The van der Waals surface area contributed by atoms with Gasteiger partial charge < -0.3 is 15.0 Å². The van der Waals surface area contributed by atoms with Gasteiger partial charge in [-0.3, -0.25) is 4.57 Å². The van der Waals surface area contributed by atoms with Crippen LogP contribution in [0.5, 0.6) is 5.75 Å². The summed E-state index contributed by atoms with van der Waals surface area (Å²) in [5, 5.41) is 11.6. The Morgan fingerprint density at radius 1 is 1.09 bits per heavy atom. The van der Waals surface area contributed by atoms with Crippen molar-refractivity contribution in [1.82, 2.24) is 14.8 Å². The first-order chi connectivity index (χ1) is 15.2. The maximum Gasteiger partial charge on any atom is 0.407 e. The highest BCUT2D eigenvalue weighted by Crippen LogP contribution is 2.39. The Hall–Kier alpha value is -3.74. The Labute approximate surface area is 183 Å². The molecule has 0 unspecified atom stereocenters. The van der Waals surface area contributed by atoms with E-state index in [9.17, 15) is 13.2 Å². The van der Waals surface area contributed by atoms with E-state index in [2.05, 4.69) is 20.4 Å². The van der Waals surface area contributed by atoms with Crippen molar-refractivity contribution in [3.8, 4) is 5.75 Å². The van der Waals surface area contributed by atoms with E-state index in [1.807, 2.05) is 42.7 Å². The Balaban J connectivity index is 1.50. The van der Waals surface area contributed by atoms with E-state index in [0.29, 0.717) is 37.1 Å². The van der Waals surface area contributed by atoms with Crippen molar-refractivity contribution in [2.45, 2.75) is 39.2 Å². The zero-order valence-corrected chi connectivity index (χ0v) is 17.5. The lowest BCUT2D eigenvalue weighted by molar-refractivity contribution is -0.136. The first kappa shape index (κ1) is 21.5. The highest BCUT2D eigenvalue weighted by Gasteiger charge is 2.34. The minimum Gasteiger partial charge on any atom is -0.491 e. The molecule has 0 saturated carbocycles. The molecular formula is C22H21F3N6O. The summed E-state index contributed by atoms with van der Waals surface area (Å²) in [5.41, 5.74) is -0.112. The molecule has 0 radical (unpaired) electrons. The molecule has 0 bridgehead atoms. The molecule has 0 aliphatic carbocycles. The Bertz CT molecular complexity index is 1150. The topological polar surface area (TPSA) is 59.6 Å². The van der Waals surface area contributed by atoms with Crippen molar-refractivity contribution in [2.75, 3.05) is 16.8 Å². The van der Waals surface area contributed by atoms with Gasteiger partial charge >= 0.3 is 6.18 Å². The highest BCUT2D eigenvalue weighted by molar-refractivity contribution is 5.63. The third kappa shape index (κ3) is 4.46. The lowest BCUT2D eigenvalue weighted by atomic mass is 10.1. The van der Waals surface area contributed by atoms with Gasteiger partial charge in [-0.2, -0.15) is 13.2 Å². The molecule has 32 heavy (non-hydrogen) atoms. The molecule has 1 aliphatic heterocycles. The molecule has 0 atom stereocenters. The first-order valence-electron chi connectivity index (χ1n) is 10.0. The predicted molar refractivity (Wildman–Crippen MR) is 114 cm³/mol. The number of rotatable bonds is 5. The molecule has 1 aromatic heterocycles. The van der Waals surface area contributed by atoms with E-state index in [-0.39, 0.29) is 6.10 Å². The van der Waals surface area contributed by atoms with E-state index in [4.69, 9.17) is 11.3 Å². The van der Waals surface area contributed by atoms with Gasteiger partial charge in [0.05, 0.1) is 24.8 Å². The normalized spacial score (nSPS) is 13.6. The van der Waals surface area contributed by atoms with Crippen molar-refractivity contribution in [1.29, 1.82) is 0 Å². The van der Waals surface area contributed by atoms with Crippen molar-refractivity contribution in [3.05, 3.63) is 65.3 Å². The summed E-state index contributed by atoms with van der Waals surface area (Å²) in [6.45, 7) is 12.2.